The van der Waals surface area contributed by atoms with Crippen molar-refractivity contribution < 1.29 is 9.47 Å². The molecule has 1 rings (SSSR count). The molecule has 1 aromatic rings. The third-order valence-corrected chi connectivity index (χ3v) is 3.61. The molecule has 0 radical (unpaired) electrons. The van der Waals surface area contributed by atoms with E-state index in [1.807, 2.05) is 0 Å². The molecule has 4 heteroatoms. The molecule has 1 aromatic carbocycles. The molecule has 1 unspecified atom stereocenters. The highest BCUT2D eigenvalue weighted by Crippen LogP contribution is 2.19. The molecule has 21 heavy (non-hydrogen) atoms. The van der Waals surface area contributed by atoms with Crippen molar-refractivity contribution in [1.29, 1.82) is 0 Å². The zero-order valence-corrected chi connectivity index (χ0v) is 13.9. The van der Waals surface area contributed by atoms with Crippen molar-refractivity contribution in [2.45, 2.75) is 26.3 Å². The van der Waals surface area contributed by atoms with Crippen molar-refractivity contribution in [3.63, 3.8) is 0 Å². The number of ether oxygens (including phenoxy) is 2. The quantitative estimate of drug-likeness (QED) is 0.636. The second-order valence-corrected chi connectivity index (χ2v) is 5.20. The minimum absolute atomic E-state index is 0.393. The summed E-state index contributed by atoms with van der Waals surface area (Å²) in [6, 6.07) is 9.21. The van der Waals surface area contributed by atoms with Crippen LogP contribution in [-0.4, -0.2) is 47.1 Å². The van der Waals surface area contributed by atoms with Crippen LogP contribution in [0.4, 0.5) is 5.69 Å². The van der Waals surface area contributed by atoms with Gasteiger partial charge in [-0.3, -0.25) is 0 Å². The van der Waals surface area contributed by atoms with Crippen molar-refractivity contribution in [3.8, 4) is 0 Å². The lowest BCUT2D eigenvalue weighted by Gasteiger charge is -2.25. The van der Waals surface area contributed by atoms with Crippen molar-refractivity contribution in [2.75, 3.05) is 52.0 Å². The molecule has 0 aromatic heterocycles. The van der Waals surface area contributed by atoms with Gasteiger partial charge in [-0.1, -0.05) is 19.1 Å². The Hall–Kier alpha value is -1.10. The van der Waals surface area contributed by atoms with Crippen LogP contribution in [0.2, 0.25) is 0 Å². The van der Waals surface area contributed by atoms with Gasteiger partial charge in [0.2, 0.25) is 0 Å². The van der Waals surface area contributed by atoms with Gasteiger partial charge in [0, 0.05) is 45.6 Å². The molecule has 0 fully saturated rings. The van der Waals surface area contributed by atoms with Gasteiger partial charge in [0.05, 0.1) is 6.61 Å². The van der Waals surface area contributed by atoms with E-state index in [1.54, 1.807) is 14.2 Å². The number of methoxy groups -OCH3 is 2. The maximum atomic E-state index is 5.21. The normalized spacial score (nSPS) is 12.4. The van der Waals surface area contributed by atoms with Crippen LogP contribution in [0.3, 0.4) is 0 Å². The SMILES string of the molecule is CCNC(C)c1ccc(N(CCCOC)CCOC)cc1. The lowest BCUT2D eigenvalue weighted by Crippen LogP contribution is -2.29. The zero-order valence-electron chi connectivity index (χ0n) is 13.9. The predicted molar refractivity (Wildman–Crippen MR) is 89.1 cm³/mol. The Balaban J connectivity index is 2.67. The zero-order chi connectivity index (χ0) is 15.5. The van der Waals surface area contributed by atoms with Gasteiger partial charge in [0.25, 0.3) is 0 Å². The maximum absolute atomic E-state index is 5.21. The summed E-state index contributed by atoms with van der Waals surface area (Å²) >= 11 is 0. The lowest BCUT2D eigenvalue weighted by atomic mass is 10.1. The van der Waals surface area contributed by atoms with Gasteiger partial charge < -0.3 is 19.7 Å². The molecule has 0 amide bonds. The molecule has 4 nitrogen and oxygen atoms in total. The molecule has 1 N–H and O–H groups in total. The summed E-state index contributed by atoms with van der Waals surface area (Å²) in [5.41, 5.74) is 2.57. The van der Waals surface area contributed by atoms with Crippen molar-refractivity contribution in [1.82, 2.24) is 5.32 Å². The minimum Gasteiger partial charge on any atom is -0.385 e. The smallest absolute Gasteiger partial charge is 0.0637 e. The minimum atomic E-state index is 0.393. The van der Waals surface area contributed by atoms with Gasteiger partial charge in [-0.25, -0.2) is 0 Å². The molecular weight excluding hydrogens is 264 g/mol. The fourth-order valence-corrected chi connectivity index (χ4v) is 2.37. The Morgan fingerprint density at radius 3 is 2.29 bits per heavy atom. The summed E-state index contributed by atoms with van der Waals surface area (Å²) in [6.45, 7) is 8.73. The highest BCUT2D eigenvalue weighted by Gasteiger charge is 2.08. The Morgan fingerprint density at radius 2 is 1.71 bits per heavy atom. The van der Waals surface area contributed by atoms with E-state index in [4.69, 9.17) is 9.47 Å². The van der Waals surface area contributed by atoms with Crippen molar-refractivity contribution in [3.05, 3.63) is 29.8 Å². The van der Waals surface area contributed by atoms with E-state index < -0.39 is 0 Å². The molecule has 1 atom stereocenters. The maximum Gasteiger partial charge on any atom is 0.0637 e. The van der Waals surface area contributed by atoms with Crippen molar-refractivity contribution >= 4 is 5.69 Å². The Labute approximate surface area is 129 Å². The molecule has 0 heterocycles. The van der Waals surface area contributed by atoms with E-state index in [2.05, 4.69) is 48.3 Å². The molecule has 0 aliphatic rings. The second-order valence-electron chi connectivity index (χ2n) is 5.20. The number of rotatable bonds is 11. The predicted octanol–water partition coefficient (Wildman–Crippen LogP) is 2.85. The third kappa shape index (κ3) is 6.46. The summed E-state index contributed by atoms with van der Waals surface area (Å²) in [7, 11) is 3.49. The molecule has 0 saturated carbocycles. The monoisotopic (exact) mass is 294 g/mol. The first kappa shape index (κ1) is 18.0. The van der Waals surface area contributed by atoms with Gasteiger partial charge in [-0.05, 0) is 37.6 Å². The van der Waals surface area contributed by atoms with Crippen LogP contribution >= 0.6 is 0 Å². The number of nitrogens with zero attached hydrogens (tertiary/aromatic N) is 1. The fraction of sp³-hybridized carbons (Fsp3) is 0.647. The molecule has 0 aliphatic heterocycles. The number of hydrogen-bond acceptors (Lipinski definition) is 4. The molecule has 120 valence electrons. The van der Waals surface area contributed by atoms with Crippen LogP contribution in [0.25, 0.3) is 0 Å². The first-order valence-corrected chi connectivity index (χ1v) is 7.79. The van der Waals surface area contributed by atoms with Crippen molar-refractivity contribution in [2.24, 2.45) is 0 Å². The van der Waals surface area contributed by atoms with Gasteiger partial charge in [0.1, 0.15) is 0 Å². The summed E-state index contributed by atoms with van der Waals surface area (Å²) in [6.07, 6.45) is 1.02. The van der Waals surface area contributed by atoms with Gasteiger partial charge in [0.15, 0.2) is 0 Å². The van der Waals surface area contributed by atoms with Gasteiger partial charge >= 0.3 is 0 Å². The summed E-state index contributed by atoms with van der Waals surface area (Å²) in [5, 5.41) is 3.44. The highest BCUT2D eigenvalue weighted by molar-refractivity contribution is 5.48. The molecular formula is C17H30N2O2. The third-order valence-electron chi connectivity index (χ3n) is 3.61. The van der Waals surface area contributed by atoms with Gasteiger partial charge in [-0.2, -0.15) is 0 Å². The Morgan fingerprint density at radius 1 is 1.05 bits per heavy atom. The number of nitrogens with one attached hydrogen (secondary N) is 1. The molecule has 0 bridgehead atoms. The standard InChI is InChI=1S/C17H30N2O2/c1-5-18-15(2)16-7-9-17(10-8-16)19(12-14-21-4)11-6-13-20-3/h7-10,15,18H,5-6,11-14H2,1-4H3. The highest BCUT2D eigenvalue weighted by atomic mass is 16.5. The van der Waals surface area contributed by atoms with Crippen LogP contribution in [-0.2, 0) is 9.47 Å². The summed E-state index contributed by atoms with van der Waals surface area (Å²) in [5.74, 6) is 0. The van der Waals surface area contributed by atoms with E-state index in [-0.39, 0.29) is 0 Å². The van der Waals surface area contributed by atoms with Crippen LogP contribution in [0.5, 0.6) is 0 Å². The van der Waals surface area contributed by atoms with Crippen LogP contribution < -0.4 is 10.2 Å². The van der Waals surface area contributed by atoms with E-state index in [9.17, 15) is 0 Å². The Bertz CT molecular complexity index is 368. The Kier molecular flexibility index (Phi) is 9.06. The molecule has 0 aliphatic carbocycles. The topological polar surface area (TPSA) is 33.7 Å². The second kappa shape index (κ2) is 10.6. The van der Waals surface area contributed by atoms with E-state index in [0.29, 0.717) is 6.04 Å². The van der Waals surface area contributed by atoms with E-state index >= 15 is 0 Å². The molecule has 0 spiro atoms. The van der Waals surface area contributed by atoms with E-state index in [1.165, 1.54) is 11.3 Å². The number of anilines is 1. The van der Waals surface area contributed by atoms with Crippen LogP contribution in [0.1, 0.15) is 31.9 Å². The molecule has 0 saturated heterocycles. The average Bonchev–Trinajstić information content (AvgIpc) is 2.51. The van der Waals surface area contributed by atoms with Gasteiger partial charge in [-0.15, -0.1) is 0 Å². The average molecular weight is 294 g/mol. The van der Waals surface area contributed by atoms with Crippen LogP contribution in [0.15, 0.2) is 24.3 Å². The first-order valence-electron chi connectivity index (χ1n) is 7.79. The summed E-state index contributed by atoms with van der Waals surface area (Å²) < 4.78 is 10.4. The largest absolute Gasteiger partial charge is 0.385 e. The van der Waals surface area contributed by atoms with Crippen LogP contribution in [0, 0.1) is 0 Å². The lowest BCUT2D eigenvalue weighted by molar-refractivity contribution is 0.191. The first-order chi connectivity index (χ1) is 10.2. The number of benzene rings is 1. The van der Waals surface area contributed by atoms with E-state index in [0.717, 1.165) is 39.3 Å². The summed E-state index contributed by atoms with van der Waals surface area (Å²) in [4.78, 5) is 2.35. The number of hydrogen-bond donors (Lipinski definition) is 1. The fourth-order valence-electron chi connectivity index (χ4n) is 2.37.